The maximum atomic E-state index is 12.3. The van der Waals surface area contributed by atoms with Crippen LogP contribution >= 0.6 is 0 Å². The first-order valence-electron chi connectivity index (χ1n) is 9.52. The van der Waals surface area contributed by atoms with Gasteiger partial charge in [-0.3, -0.25) is 5.32 Å². The number of ether oxygens (including phenoxy) is 1. The van der Waals surface area contributed by atoms with Crippen LogP contribution in [-0.2, 0) is 4.74 Å². The summed E-state index contributed by atoms with van der Waals surface area (Å²) in [6, 6.07) is 22.8. The fourth-order valence-corrected chi connectivity index (χ4v) is 3.78. The second-order valence-corrected chi connectivity index (χ2v) is 6.98. The van der Waals surface area contributed by atoms with Crippen LogP contribution in [-0.4, -0.2) is 32.6 Å². The predicted octanol–water partition coefficient (Wildman–Crippen LogP) is 4.33. The molecule has 1 aliphatic carbocycles. The molecule has 0 spiro atoms. The molecule has 0 radical (unpaired) electrons. The summed E-state index contributed by atoms with van der Waals surface area (Å²) in [5.41, 5.74) is 5.37. The number of aromatic hydroxyl groups is 1. The number of anilines is 1. The molecule has 1 amide bonds. The molecule has 30 heavy (non-hydrogen) atoms. The van der Waals surface area contributed by atoms with Crippen LogP contribution < -0.4 is 5.32 Å². The van der Waals surface area contributed by atoms with Gasteiger partial charge in [0.1, 0.15) is 18.7 Å². The van der Waals surface area contributed by atoms with Crippen LogP contribution in [0.5, 0.6) is 5.75 Å². The number of phenolic OH excluding ortho intramolecular Hbond substituents is 1. The fourth-order valence-electron chi connectivity index (χ4n) is 3.78. The first-order chi connectivity index (χ1) is 14.7. The summed E-state index contributed by atoms with van der Waals surface area (Å²) in [6.07, 6.45) is 0.867. The summed E-state index contributed by atoms with van der Waals surface area (Å²) in [5, 5.41) is 16.2. The Balaban J connectivity index is 1.27. The van der Waals surface area contributed by atoms with E-state index < -0.39 is 6.09 Å². The average Bonchev–Trinajstić information content (AvgIpc) is 3.36. The first kappa shape index (κ1) is 17.9. The summed E-state index contributed by atoms with van der Waals surface area (Å²) < 4.78 is 7.00. The van der Waals surface area contributed by atoms with Crippen molar-refractivity contribution in [2.75, 3.05) is 11.9 Å². The van der Waals surface area contributed by atoms with Gasteiger partial charge in [0.2, 0.25) is 0 Å². The van der Waals surface area contributed by atoms with E-state index in [9.17, 15) is 9.90 Å². The Labute approximate surface area is 172 Å². The number of benzene rings is 3. The van der Waals surface area contributed by atoms with Crippen molar-refractivity contribution < 1.29 is 14.6 Å². The number of amides is 1. The number of aromatic nitrogens is 3. The smallest absolute Gasteiger partial charge is 0.414 e. The van der Waals surface area contributed by atoms with Crippen LogP contribution in [0.15, 0.2) is 79.1 Å². The minimum atomic E-state index is -0.611. The van der Waals surface area contributed by atoms with Crippen LogP contribution in [0.25, 0.3) is 16.8 Å². The summed E-state index contributed by atoms with van der Waals surface area (Å²) in [6.45, 7) is 0.221. The van der Waals surface area contributed by atoms with Crippen molar-refractivity contribution in [2.45, 2.75) is 5.92 Å². The Morgan fingerprint density at radius 2 is 1.60 bits per heavy atom. The number of fused-ring (bicyclic) bond motifs is 3. The Morgan fingerprint density at radius 3 is 2.27 bits per heavy atom. The van der Waals surface area contributed by atoms with Gasteiger partial charge in [0.25, 0.3) is 5.95 Å². The highest BCUT2D eigenvalue weighted by Crippen LogP contribution is 2.44. The van der Waals surface area contributed by atoms with Gasteiger partial charge < -0.3 is 9.84 Å². The molecule has 0 saturated carbocycles. The van der Waals surface area contributed by atoms with Crippen LogP contribution in [0, 0.1) is 0 Å². The normalized spacial score (nSPS) is 12.3. The van der Waals surface area contributed by atoms with Gasteiger partial charge in [-0.15, -0.1) is 5.10 Å². The number of phenols is 1. The molecule has 148 valence electrons. The lowest BCUT2D eigenvalue weighted by Crippen LogP contribution is -2.18. The molecule has 0 fully saturated rings. The van der Waals surface area contributed by atoms with Gasteiger partial charge in [-0.2, -0.15) is 4.98 Å². The zero-order chi connectivity index (χ0) is 20.5. The zero-order valence-corrected chi connectivity index (χ0v) is 15.9. The number of hydrogen-bond donors (Lipinski definition) is 2. The van der Waals surface area contributed by atoms with Gasteiger partial charge in [0, 0.05) is 5.92 Å². The predicted molar refractivity (Wildman–Crippen MR) is 112 cm³/mol. The minimum absolute atomic E-state index is 0.00865. The van der Waals surface area contributed by atoms with Crippen molar-refractivity contribution in [3.05, 3.63) is 90.3 Å². The van der Waals surface area contributed by atoms with Gasteiger partial charge in [-0.25, -0.2) is 9.48 Å². The van der Waals surface area contributed by atoms with Crippen molar-refractivity contribution in [3.8, 4) is 22.6 Å². The third kappa shape index (κ3) is 3.26. The third-order valence-corrected chi connectivity index (χ3v) is 5.16. The van der Waals surface area contributed by atoms with Crippen LogP contribution in [0.3, 0.4) is 0 Å². The van der Waals surface area contributed by atoms with E-state index in [1.54, 1.807) is 24.3 Å². The molecule has 1 heterocycles. The van der Waals surface area contributed by atoms with E-state index in [1.807, 2.05) is 24.3 Å². The maximum absolute atomic E-state index is 12.3. The summed E-state index contributed by atoms with van der Waals surface area (Å²) in [4.78, 5) is 16.4. The van der Waals surface area contributed by atoms with Crippen LogP contribution in [0.4, 0.5) is 10.7 Å². The first-order valence-corrected chi connectivity index (χ1v) is 9.52. The summed E-state index contributed by atoms with van der Waals surface area (Å²) in [7, 11) is 0. The summed E-state index contributed by atoms with van der Waals surface area (Å²) >= 11 is 0. The molecule has 1 aliphatic rings. The maximum Gasteiger partial charge on any atom is 0.414 e. The molecule has 0 saturated heterocycles. The molecule has 5 rings (SSSR count). The number of carbonyl (C=O) groups is 1. The van der Waals surface area contributed by atoms with E-state index in [2.05, 4.69) is 39.7 Å². The lowest BCUT2D eigenvalue weighted by molar-refractivity contribution is 0.158. The number of carbonyl (C=O) groups excluding carboxylic acids is 1. The lowest BCUT2D eigenvalue weighted by Gasteiger charge is -2.13. The highest BCUT2D eigenvalue weighted by atomic mass is 16.5. The van der Waals surface area contributed by atoms with Crippen LogP contribution in [0.2, 0.25) is 0 Å². The molecule has 0 atom stereocenters. The molecule has 0 bridgehead atoms. The SMILES string of the molecule is O=C(Nc1ncn(-c2ccc(O)cc2)n1)OCC1c2ccccc2-c2ccccc21. The standard InChI is InChI=1S/C23H18N4O3/c28-16-11-9-15(10-12-16)27-14-24-22(26-27)25-23(29)30-13-21-19-7-3-1-5-17(19)18-6-2-4-8-20(18)21/h1-12,14,21,28H,13H2,(H,25,26,29). The van der Waals surface area contributed by atoms with Crippen molar-refractivity contribution in [1.82, 2.24) is 14.8 Å². The molecule has 0 unspecified atom stereocenters. The molecular formula is C23H18N4O3. The van der Waals surface area contributed by atoms with Gasteiger partial charge in [0.05, 0.1) is 5.69 Å². The number of nitrogens with zero attached hydrogens (tertiary/aromatic N) is 3. The zero-order valence-electron chi connectivity index (χ0n) is 15.9. The molecule has 4 aromatic rings. The van der Waals surface area contributed by atoms with E-state index in [-0.39, 0.29) is 24.2 Å². The van der Waals surface area contributed by atoms with E-state index >= 15 is 0 Å². The Morgan fingerprint density at radius 1 is 0.967 bits per heavy atom. The highest BCUT2D eigenvalue weighted by Gasteiger charge is 2.29. The van der Waals surface area contributed by atoms with E-state index in [4.69, 9.17) is 4.74 Å². The van der Waals surface area contributed by atoms with E-state index in [0.29, 0.717) is 5.69 Å². The second kappa shape index (κ2) is 7.36. The molecule has 1 aromatic heterocycles. The summed E-state index contributed by atoms with van der Waals surface area (Å²) in [5.74, 6) is 0.293. The third-order valence-electron chi connectivity index (χ3n) is 5.16. The fraction of sp³-hybridized carbons (Fsp3) is 0.0870. The van der Waals surface area contributed by atoms with Gasteiger partial charge >= 0.3 is 6.09 Å². The molecule has 2 N–H and O–H groups in total. The largest absolute Gasteiger partial charge is 0.508 e. The average molecular weight is 398 g/mol. The Kier molecular flexibility index (Phi) is 4.40. The Bertz CT molecular complexity index is 1170. The number of rotatable bonds is 4. The van der Waals surface area contributed by atoms with Crippen molar-refractivity contribution in [1.29, 1.82) is 0 Å². The molecule has 3 aromatic carbocycles. The highest BCUT2D eigenvalue weighted by molar-refractivity contribution is 5.83. The van der Waals surface area contributed by atoms with Gasteiger partial charge in [-0.1, -0.05) is 48.5 Å². The van der Waals surface area contributed by atoms with E-state index in [0.717, 1.165) is 11.1 Å². The van der Waals surface area contributed by atoms with Crippen molar-refractivity contribution >= 4 is 12.0 Å². The number of nitrogens with one attached hydrogen (secondary N) is 1. The number of hydrogen-bond acceptors (Lipinski definition) is 5. The topological polar surface area (TPSA) is 89.3 Å². The van der Waals surface area contributed by atoms with Gasteiger partial charge in [0.15, 0.2) is 0 Å². The molecule has 7 nitrogen and oxygen atoms in total. The van der Waals surface area contributed by atoms with Gasteiger partial charge in [-0.05, 0) is 46.5 Å². The van der Waals surface area contributed by atoms with E-state index in [1.165, 1.54) is 22.1 Å². The van der Waals surface area contributed by atoms with Crippen LogP contribution in [0.1, 0.15) is 17.0 Å². The monoisotopic (exact) mass is 398 g/mol. The minimum Gasteiger partial charge on any atom is -0.508 e. The lowest BCUT2D eigenvalue weighted by atomic mass is 9.98. The molecule has 7 heteroatoms. The second-order valence-electron chi connectivity index (χ2n) is 6.98. The molecular weight excluding hydrogens is 380 g/mol. The quantitative estimate of drug-likeness (QED) is 0.534. The van der Waals surface area contributed by atoms with Crippen molar-refractivity contribution in [2.24, 2.45) is 0 Å². The van der Waals surface area contributed by atoms with Crippen molar-refractivity contribution in [3.63, 3.8) is 0 Å². The molecule has 0 aliphatic heterocycles. The Hall–Kier alpha value is -4.13.